The number of aromatic nitrogens is 2. The molecule has 122 valence electrons. The highest BCUT2D eigenvalue weighted by Gasteiger charge is 2.18. The van der Waals surface area contributed by atoms with E-state index in [0.29, 0.717) is 5.92 Å². The van der Waals surface area contributed by atoms with Crippen molar-refractivity contribution in [1.82, 2.24) is 9.78 Å². The zero-order valence-electron chi connectivity index (χ0n) is 14.2. The van der Waals surface area contributed by atoms with Gasteiger partial charge in [0.15, 0.2) is 0 Å². The van der Waals surface area contributed by atoms with E-state index >= 15 is 0 Å². The van der Waals surface area contributed by atoms with Crippen molar-refractivity contribution >= 4 is 11.6 Å². The number of halogens is 1. The van der Waals surface area contributed by atoms with Crippen LogP contribution in [0.15, 0.2) is 6.20 Å². The fourth-order valence-electron chi connectivity index (χ4n) is 2.90. The van der Waals surface area contributed by atoms with Gasteiger partial charge in [0.05, 0.1) is 10.7 Å². The summed E-state index contributed by atoms with van der Waals surface area (Å²) in [6.07, 6.45) is 15.1. The lowest BCUT2D eigenvalue weighted by Gasteiger charge is -2.15. The second-order valence-electron chi connectivity index (χ2n) is 6.11. The van der Waals surface area contributed by atoms with Crippen LogP contribution >= 0.6 is 11.6 Å². The molecule has 0 atom stereocenters. The molecule has 0 bridgehead atoms. The van der Waals surface area contributed by atoms with Crippen molar-refractivity contribution < 1.29 is 0 Å². The van der Waals surface area contributed by atoms with Crippen LogP contribution in [-0.2, 0) is 6.54 Å². The third-order valence-electron chi connectivity index (χ3n) is 4.27. The third-order valence-corrected chi connectivity index (χ3v) is 4.56. The van der Waals surface area contributed by atoms with E-state index in [1.165, 1.54) is 64.2 Å². The van der Waals surface area contributed by atoms with E-state index < -0.39 is 0 Å². The quantitative estimate of drug-likeness (QED) is 0.398. The molecule has 1 heterocycles. The van der Waals surface area contributed by atoms with Gasteiger partial charge in [0.1, 0.15) is 0 Å². The molecule has 1 aromatic rings. The van der Waals surface area contributed by atoms with Gasteiger partial charge in [-0.25, -0.2) is 0 Å². The molecule has 0 saturated heterocycles. The minimum Gasteiger partial charge on any atom is -0.271 e. The molecule has 21 heavy (non-hydrogen) atoms. The second kappa shape index (κ2) is 11.1. The Morgan fingerprint density at radius 2 is 1.52 bits per heavy atom. The van der Waals surface area contributed by atoms with Crippen molar-refractivity contribution in [2.24, 2.45) is 0 Å². The van der Waals surface area contributed by atoms with Crippen LogP contribution < -0.4 is 0 Å². The van der Waals surface area contributed by atoms with Crippen LogP contribution in [0.2, 0.25) is 5.02 Å². The molecule has 1 rings (SSSR count). The van der Waals surface area contributed by atoms with E-state index in [2.05, 4.69) is 20.8 Å². The van der Waals surface area contributed by atoms with Gasteiger partial charge < -0.3 is 0 Å². The van der Waals surface area contributed by atoms with Crippen molar-refractivity contribution in [1.29, 1.82) is 0 Å². The Labute approximate surface area is 136 Å². The maximum atomic E-state index is 6.42. The minimum atomic E-state index is 0.555. The molecular formula is C18H33ClN2. The number of hydrogen-bond acceptors (Lipinski definition) is 1. The molecule has 0 radical (unpaired) electrons. The number of unbranched alkanes of at least 4 members (excludes halogenated alkanes) is 6. The van der Waals surface area contributed by atoms with Gasteiger partial charge in [-0.2, -0.15) is 5.10 Å². The molecule has 0 aliphatic rings. The molecule has 3 heteroatoms. The van der Waals surface area contributed by atoms with E-state index in [1.807, 2.05) is 10.9 Å². The van der Waals surface area contributed by atoms with Gasteiger partial charge in [0.2, 0.25) is 0 Å². The van der Waals surface area contributed by atoms with Gasteiger partial charge in [0, 0.05) is 18.7 Å². The number of hydrogen-bond donors (Lipinski definition) is 0. The molecule has 2 nitrogen and oxygen atoms in total. The summed E-state index contributed by atoms with van der Waals surface area (Å²) in [5.41, 5.74) is 1.14. The van der Waals surface area contributed by atoms with Gasteiger partial charge in [-0.3, -0.25) is 4.68 Å². The van der Waals surface area contributed by atoms with Crippen LogP contribution in [0.5, 0.6) is 0 Å². The Bertz CT molecular complexity index is 361. The van der Waals surface area contributed by atoms with E-state index in [1.54, 1.807) is 0 Å². The first-order chi connectivity index (χ1) is 10.2. The molecule has 0 spiro atoms. The van der Waals surface area contributed by atoms with Crippen LogP contribution in [0.1, 0.15) is 96.6 Å². The third kappa shape index (κ3) is 6.86. The molecule has 0 fully saturated rings. The SMILES string of the molecule is CCCCCCC(CCCCCC)c1nn(CC)cc1Cl. The molecular weight excluding hydrogens is 280 g/mol. The summed E-state index contributed by atoms with van der Waals surface area (Å²) in [6.45, 7) is 7.55. The Morgan fingerprint density at radius 3 is 1.95 bits per heavy atom. The van der Waals surface area contributed by atoms with Crippen molar-refractivity contribution in [2.75, 3.05) is 0 Å². The molecule has 1 aromatic heterocycles. The second-order valence-corrected chi connectivity index (χ2v) is 6.52. The normalized spacial score (nSPS) is 11.5. The van der Waals surface area contributed by atoms with Crippen LogP contribution in [0.3, 0.4) is 0 Å². The summed E-state index contributed by atoms with van der Waals surface area (Å²) >= 11 is 6.42. The number of nitrogens with zero attached hydrogens (tertiary/aromatic N) is 2. The average Bonchev–Trinajstić information content (AvgIpc) is 2.87. The zero-order chi connectivity index (χ0) is 15.5. The van der Waals surface area contributed by atoms with Gasteiger partial charge >= 0.3 is 0 Å². The lowest BCUT2D eigenvalue weighted by atomic mass is 9.92. The largest absolute Gasteiger partial charge is 0.271 e. The summed E-state index contributed by atoms with van der Waals surface area (Å²) in [6, 6.07) is 0. The molecule has 0 saturated carbocycles. The highest BCUT2D eigenvalue weighted by Crippen LogP contribution is 2.32. The van der Waals surface area contributed by atoms with Crippen molar-refractivity contribution in [2.45, 2.75) is 97.4 Å². The standard InChI is InChI=1S/C18H33ClN2/c1-4-7-9-11-13-16(14-12-10-8-5-2)18-17(19)15-21(6-3)20-18/h15-16H,4-14H2,1-3H3. The Kier molecular flexibility index (Phi) is 9.82. The van der Waals surface area contributed by atoms with Gasteiger partial charge in [-0.1, -0.05) is 76.8 Å². The van der Waals surface area contributed by atoms with Crippen molar-refractivity contribution in [3.8, 4) is 0 Å². The first kappa shape index (κ1) is 18.5. The topological polar surface area (TPSA) is 17.8 Å². The van der Waals surface area contributed by atoms with Gasteiger partial charge in [0.25, 0.3) is 0 Å². The highest BCUT2D eigenvalue weighted by atomic mass is 35.5. The summed E-state index contributed by atoms with van der Waals surface area (Å²) < 4.78 is 1.97. The van der Waals surface area contributed by atoms with E-state index in [4.69, 9.17) is 16.7 Å². The lowest BCUT2D eigenvalue weighted by Crippen LogP contribution is -2.03. The van der Waals surface area contributed by atoms with Crippen LogP contribution in [0.4, 0.5) is 0 Å². The molecule has 0 aromatic carbocycles. The number of rotatable bonds is 12. The zero-order valence-corrected chi connectivity index (χ0v) is 15.0. The van der Waals surface area contributed by atoms with Gasteiger partial charge in [-0.05, 0) is 19.8 Å². The summed E-state index contributed by atoms with van der Waals surface area (Å²) in [5.74, 6) is 0.555. The maximum absolute atomic E-state index is 6.42. The Hall–Kier alpha value is -0.500. The van der Waals surface area contributed by atoms with Crippen molar-refractivity contribution in [3.63, 3.8) is 0 Å². The molecule has 0 N–H and O–H groups in total. The fraction of sp³-hybridized carbons (Fsp3) is 0.833. The average molecular weight is 313 g/mol. The maximum Gasteiger partial charge on any atom is 0.0841 e. The molecule has 0 amide bonds. The van der Waals surface area contributed by atoms with Crippen LogP contribution in [0.25, 0.3) is 0 Å². The van der Waals surface area contributed by atoms with E-state index in [0.717, 1.165) is 17.3 Å². The summed E-state index contributed by atoms with van der Waals surface area (Å²) in [5, 5.41) is 5.58. The van der Waals surface area contributed by atoms with E-state index in [-0.39, 0.29) is 0 Å². The molecule has 0 unspecified atom stereocenters. The summed E-state index contributed by atoms with van der Waals surface area (Å²) in [4.78, 5) is 0. The minimum absolute atomic E-state index is 0.555. The van der Waals surface area contributed by atoms with Gasteiger partial charge in [-0.15, -0.1) is 0 Å². The molecule has 0 aliphatic carbocycles. The molecule has 0 aliphatic heterocycles. The Balaban J connectivity index is 2.58. The first-order valence-electron chi connectivity index (χ1n) is 8.95. The monoisotopic (exact) mass is 312 g/mol. The summed E-state index contributed by atoms with van der Waals surface area (Å²) in [7, 11) is 0. The predicted octanol–water partition coefficient (Wildman–Crippen LogP) is 6.58. The van der Waals surface area contributed by atoms with Crippen molar-refractivity contribution in [3.05, 3.63) is 16.9 Å². The predicted molar refractivity (Wildman–Crippen MR) is 93.2 cm³/mol. The Morgan fingerprint density at radius 1 is 0.952 bits per heavy atom. The van der Waals surface area contributed by atoms with E-state index in [9.17, 15) is 0 Å². The lowest BCUT2D eigenvalue weighted by molar-refractivity contribution is 0.482. The fourth-order valence-corrected chi connectivity index (χ4v) is 3.21. The highest BCUT2D eigenvalue weighted by molar-refractivity contribution is 6.31. The van der Waals surface area contributed by atoms with Crippen LogP contribution in [0, 0.1) is 0 Å². The number of aryl methyl sites for hydroxylation is 1. The smallest absolute Gasteiger partial charge is 0.0841 e. The van der Waals surface area contributed by atoms with Crippen LogP contribution in [-0.4, -0.2) is 9.78 Å². The first-order valence-corrected chi connectivity index (χ1v) is 9.33.